The van der Waals surface area contributed by atoms with Crippen molar-refractivity contribution in [2.24, 2.45) is 0 Å². The third-order valence-electron chi connectivity index (χ3n) is 3.35. The SMILES string of the molecule is Cc1ccnc(C(C(=O)O)N2CCN(C)CC2)c1. The first-order valence-corrected chi connectivity index (χ1v) is 6.16. The van der Waals surface area contributed by atoms with Gasteiger partial charge in [0.25, 0.3) is 0 Å². The fraction of sp³-hybridized carbons (Fsp3) is 0.538. The van der Waals surface area contributed by atoms with Crippen LogP contribution in [0.4, 0.5) is 0 Å². The average molecular weight is 249 g/mol. The van der Waals surface area contributed by atoms with Gasteiger partial charge in [0.05, 0.1) is 5.69 Å². The maximum Gasteiger partial charge on any atom is 0.327 e. The van der Waals surface area contributed by atoms with E-state index < -0.39 is 12.0 Å². The number of pyridine rings is 1. The van der Waals surface area contributed by atoms with Gasteiger partial charge < -0.3 is 10.0 Å². The summed E-state index contributed by atoms with van der Waals surface area (Å²) in [5.74, 6) is -0.822. The zero-order chi connectivity index (χ0) is 13.1. The Morgan fingerprint density at radius 1 is 1.39 bits per heavy atom. The van der Waals surface area contributed by atoms with E-state index in [0.717, 1.165) is 31.7 Å². The van der Waals surface area contributed by atoms with E-state index in [2.05, 4.69) is 16.9 Å². The van der Waals surface area contributed by atoms with Gasteiger partial charge in [-0.1, -0.05) is 0 Å². The van der Waals surface area contributed by atoms with Crippen LogP contribution in [0, 0.1) is 6.92 Å². The van der Waals surface area contributed by atoms with Crippen molar-refractivity contribution in [1.29, 1.82) is 0 Å². The summed E-state index contributed by atoms with van der Waals surface area (Å²) in [6.07, 6.45) is 1.68. The molecule has 0 radical (unpaired) electrons. The Morgan fingerprint density at radius 2 is 2.06 bits per heavy atom. The average Bonchev–Trinajstić information content (AvgIpc) is 2.32. The highest BCUT2D eigenvalue weighted by Gasteiger charge is 2.30. The lowest BCUT2D eigenvalue weighted by Gasteiger charge is -2.35. The summed E-state index contributed by atoms with van der Waals surface area (Å²) in [7, 11) is 2.05. The Hall–Kier alpha value is -1.46. The maximum absolute atomic E-state index is 11.5. The molecule has 0 aromatic carbocycles. The lowest BCUT2D eigenvalue weighted by atomic mass is 10.1. The van der Waals surface area contributed by atoms with Gasteiger partial charge in [-0.2, -0.15) is 0 Å². The minimum atomic E-state index is -0.822. The van der Waals surface area contributed by atoms with E-state index in [0.29, 0.717) is 5.69 Å². The van der Waals surface area contributed by atoms with Crippen LogP contribution in [0.25, 0.3) is 0 Å². The fourth-order valence-corrected chi connectivity index (χ4v) is 2.26. The van der Waals surface area contributed by atoms with Crippen LogP contribution in [0.1, 0.15) is 17.3 Å². The number of nitrogens with zero attached hydrogens (tertiary/aromatic N) is 3. The van der Waals surface area contributed by atoms with Crippen molar-refractivity contribution in [3.8, 4) is 0 Å². The normalized spacial score (nSPS) is 19.7. The Kier molecular flexibility index (Phi) is 3.93. The van der Waals surface area contributed by atoms with Crippen molar-refractivity contribution in [3.63, 3.8) is 0 Å². The predicted octanol–water partition coefficient (Wildman–Crippen LogP) is 0.763. The molecule has 98 valence electrons. The lowest BCUT2D eigenvalue weighted by molar-refractivity contribution is -0.144. The van der Waals surface area contributed by atoms with Gasteiger partial charge in [0.2, 0.25) is 0 Å². The molecule has 5 heteroatoms. The quantitative estimate of drug-likeness (QED) is 0.857. The van der Waals surface area contributed by atoms with Crippen LogP contribution in [0.3, 0.4) is 0 Å². The fourth-order valence-electron chi connectivity index (χ4n) is 2.26. The molecule has 1 saturated heterocycles. The summed E-state index contributed by atoms with van der Waals surface area (Å²) in [5.41, 5.74) is 1.67. The molecule has 1 aromatic heterocycles. The van der Waals surface area contributed by atoms with Gasteiger partial charge in [0.1, 0.15) is 0 Å². The molecule has 1 aromatic rings. The number of carboxylic acids is 1. The van der Waals surface area contributed by atoms with E-state index >= 15 is 0 Å². The molecule has 2 heterocycles. The molecular formula is C13H19N3O2. The van der Waals surface area contributed by atoms with Crippen molar-refractivity contribution in [3.05, 3.63) is 29.6 Å². The first-order chi connectivity index (χ1) is 8.58. The van der Waals surface area contributed by atoms with E-state index in [1.54, 1.807) is 6.20 Å². The highest BCUT2D eigenvalue weighted by molar-refractivity contribution is 5.75. The number of carbonyl (C=O) groups is 1. The minimum absolute atomic E-state index is 0.626. The van der Waals surface area contributed by atoms with E-state index in [-0.39, 0.29) is 0 Å². The molecule has 0 bridgehead atoms. The van der Waals surface area contributed by atoms with E-state index in [1.165, 1.54) is 0 Å². The minimum Gasteiger partial charge on any atom is -0.480 e. The van der Waals surface area contributed by atoms with E-state index in [1.807, 2.05) is 24.0 Å². The molecule has 1 aliphatic rings. The Morgan fingerprint density at radius 3 is 2.61 bits per heavy atom. The van der Waals surface area contributed by atoms with Gasteiger partial charge in [0.15, 0.2) is 6.04 Å². The summed E-state index contributed by atoms with van der Waals surface area (Å²) in [4.78, 5) is 19.9. The van der Waals surface area contributed by atoms with Gasteiger partial charge in [0, 0.05) is 32.4 Å². The van der Waals surface area contributed by atoms with Gasteiger partial charge in [-0.15, -0.1) is 0 Å². The number of hydrogen-bond donors (Lipinski definition) is 1. The van der Waals surface area contributed by atoms with E-state index in [4.69, 9.17) is 0 Å². The highest BCUT2D eigenvalue weighted by atomic mass is 16.4. The molecule has 1 fully saturated rings. The monoisotopic (exact) mass is 249 g/mol. The second-order valence-corrected chi connectivity index (χ2v) is 4.84. The van der Waals surface area contributed by atoms with Crippen LogP contribution in [0.15, 0.2) is 18.3 Å². The number of piperazine rings is 1. The number of carboxylic acid groups (broad SMARTS) is 1. The zero-order valence-corrected chi connectivity index (χ0v) is 10.8. The molecular weight excluding hydrogens is 230 g/mol. The molecule has 1 aliphatic heterocycles. The standard InChI is InChI=1S/C13H19N3O2/c1-10-3-4-14-11(9-10)12(13(17)18)16-7-5-15(2)6-8-16/h3-4,9,12H,5-8H2,1-2H3,(H,17,18). The van der Waals surface area contributed by atoms with Crippen molar-refractivity contribution in [2.75, 3.05) is 33.2 Å². The van der Waals surface area contributed by atoms with Crippen LogP contribution in [0.2, 0.25) is 0 Å². The molecule has 0 amide bonds. The molecule has 2 rings (SSSR count). The van der Waals surface area contributed by atoms with Crippen LogP contribution in [-0.4, -0.2) is 59.1 Å². The van der Waals surface area contributed by atoms with Crippen molar-refractivity contribution in [1.82, 2.24) is 14.8 Å². The summed E-state index contributed by atoms with van der Waals surface area (Å²) in [5, 5.41) is 9.44. The zero-order valence-electron chi connectivity index (χ0n) is 10.8. The number of likely N-dealkylation sites (N-methyl/N-ethyl adjacent to an activating group) is 1. The van der Waals surface area contributed by atoms with Gasteiger partial charge in [-0.05, 0) is 31.7 Å². The summed E-state index contributed by atoms with van der Waals surface area (Å²) in [6.45, 7) is 5.28. The molecule has 0 saturated carbocycles. The Balaban J connectivity index is 2.21. The number of aromatic nitrogens is 1. The van der Waals surface area contributed by atoms with Gasteiger partial charge in [-0.25, -0.2) is 0 Å². The third-order valence-corrected chi connectivity index (χ3v) is 3.35. The van der Waals surface area contributed by atoms with Gasteiger partial charge >= 0.3 is 5.97 Å². The third kappa shape index (κ3) is 2.86. The van der Waals surface area contributed by atoms with Crippen molar-refractivity contribution >= 4 is 5.97 Å². The number of hydrogen-bond acceptors (Lipinski definition) is 4. The van der Waals surface area contributed by atoms with Crippen LogP contribution < -0.4 is 0 Å². The smallest absolute Gasteiger partial charge is 0.327 e. The summed E-state index contributed by atoms with van der Waals surface area (Å²) >= 11 is 0. The van der Waals surface area contributed by atoms with Crippen molar-refractivity contribution in [2.45, 2.75) is 13.0 Å². The largest absolute Gasteiger partial charge is 0.480 e. The number of aliphatic carboxylic acids is 1. The molecule has 18 heavy (non-hydrogen) atoms. The maximum atomic E-state index is 11.5. The highest BCUT2D eigenvalue weighted by Crippen LogP contribution is 2.21. The summed E-state index contributed by atoms with van der Waals surface area (Å²) < 4.78 is 0. The summed E-state index contributed by atoms with van der Waals surface area (Å²) in [6, 6.07) is 3.11. The molecule has 0 aliphatic carbocycles. The van der Waals surface area contributed by atoms with Crippen LogP contribution in [-0.2, 0) is 4.79 Å². The first-order valence-electron chi connectivity index (χ1n) is 6.16. The Bertz CT molecular complexity index is 428. The van der Waals surface area contributed by atoms with E-state index in [9.17, 15) is 9.90 Å². The predicted molar refractivity (Wildman–Crippen MR) is 68.4 cm³/mol. The second kappa shape index (κ2) is 5.46. The topological polar surface area (TPSA) is 56.7 Å². The molecule has 5 nitrogen and oxygen atoms in total. The number of rotatable bonds is 3. The second-order valence-electron chi connectivity index (χ2n) is 4.84. The van der Waals surface area contributed by atoms with Gasteiger partial charge in [-0.3, -0.25) is 14.7 Å². The first kappa shape index (κ1) is 13.0. The molecule has 1 unspecified atom stereocenters. The lowest BCUT2D eigenvalue weighted by Crippen LogP contribution is -2.48. The van der Waals surface area contributed by atoms with Crippen LogP contribution >= 0.6 is 0 Å². The van der Waals surface area contributed by atoms with Crippen molar-refractivity contribution < 1.29 is 9.90 Å². The Labute approximate surface area is 107 Å². The molecule has 1 atom stereocenters. The molecule has 1 N–H and O–H groups in total. The van der Waals surface area contributed by atoms with Crippen LogP contribution in [0.5, 0.6) is 0 Å². The molecule has 0 spiro atoms. The number of aryl methyl sites for hydroxylation is 1.